The third-order valence-corrected chi connectivity index (χ3v) is 3.25. The van der Waals surface area contributed by atoms with Gasteiger partial charge in [0.1, 0.15) is 0 Å². The van der Waals surface area contributed by atoms with Crippen LogP contribution in [0.1, 0.15) is 29.8 Å². The van der Waals surface area contributed by atoms with Crippen molar-refractivity contribution in [1.82, 2.24) is 5.43 Å². The van der Waals surface area contributed by atoms with E-state index in [0.29, 0.717) is 10.6 Å². The molecule has 1 N–H and O–H groups in total. The Bertz CT molecular complexity index is 634. The van der Waals surface area contributed by atoms with Gasteiger partial charge in [0, 0.05) is 10.6 Å². The van der Waals surface area contributed by atoms with E-state index in [1.165, 1.54) is 0 Å². The molecule has 21 heavy (non-hydrogen) atoms. The van der Waals surface area contributed by atoms with Crippen molar-refractivity contribution in [3.8, 4) is 0 Å². The van der Waals surface area contributed by atoms with Crippen LogP contribution in [0.5, 0.6) is 0 Å². The van der Waals surface area contributed by atoms with Crippen molar-refractivity contribution in [2.45, 2.75) is 13.8 Å². The SMILES string of the molecule is CC(C)/C(=N\NC(=O)c1ccc(Cl)cc1)c1ccccc1. The summed E-state index contributed by atoms with van der Waals surface area (Å²) in [6, 6.07) is 16.5. The summed E-state index contributed by atoms with van der Waals surface area (Å²) in [5, 5.41) is 4.88. The first kappa shape index (κ1) is 15.3. The molecule has 0 aliphatic carbocycles. The van der Waals surface area contributed by atoms with Crippen LogP contribution in [0.4, 0.5) is 0 Å². The van der Waals surface area contributed by atoms with E-state index < -0.39 is 0 Å². The van der Waals surface area contributed by atoms with Crippen LogP contribution in [0.3, 0.4) is 0 Å². The molecule has 0 spiro atoms. The van der Waals surface area contributed by atoms with Crippen molar-refractivity contribution >= 4 is 23.2 Å². The summed E-state index contributed by atoms with van der Waals surface area (Å²) in [5.74, 6) is -0.0429. The van der Waals surface area contributed by atoms with Gasteiger partial charge in [0.15, 0.2) is 0 Å². The number of nitrogens with zero attached hydrogens (tertiary/aromatic N) is 1. The maximum atomic E-state index is 12.1. The minimum atomic E-state index is -0.249. The quantitative estimate of drug-likeness (QED) is 0.669. The first-order valence-electron chi connectivity index (χ1n) is 6.77. The molecule has 1 amide bonds. The maximum Gasteiger partial charge on any atom is 0.271 e. The van der Waals surface area contributed by atoms with Gasteiger partial charge in [-0.15, -0.1) is 0 Å². The number of halogens is 1. The second-order valence-electron chi connectivity index (χ2n) is 4.97. The predicted molar refractivity (Wildman–Crippen MR) is 86.7 cm³/mol. The number of carbonyl (C=O) groups excluding carboxylic acids is 1. The molecule has 0 aromatic heterocycles. The van der Waals surface area contributed by atoms with Crippen molar-refractivity contribution in [2.24, 2.45) is 11.0 Å². The Morgan fingerprint density at radius 1 is 1.00 bits per heavy atom. The highest BCUT2D eigenvalue weighted by molar-refractivity contribution is 6.30. The summed E-state index contributed by atoms with van der Waals surface area (Å²) in [4.78, 5) is 12.1. The maximum absolute atomic E-state index is 12.1. The fraction of sp³-hybridized carbons (Fsp3) is 0.176. The van der Waals surface area contributed by atoms with E-state index >= 15 is 0 Å². The molecule has 3 nitrogen and oxygen atoms in total. The molecule has 2 aromatic rings. The van der Waals surface area contributed by atoms with Gasteiger partial charge in [-0.25, -0.2) is 5.43 Å². The van der Waals surface area contributed by atoms with Gasteiger partial charge in [-0.3, -0.25) is 4.79 Å². The molecule has 0 aliphatic rings. The van der Waals surface area contributed by atoms with Crippen LogP contribution >= 0.6 is 11.6 Å². The number of hydrogen-bond donors (Lipinski definition) is 1. The molecule has 0 fully saturated rings. The van der Waals surface area contributed by atoms with Gasteiger partial charge in [0.25, 0.3) is 5.91 Å². The second-order valence-corrected chi connectivity index (χ2v) is 5.40. The van der Waals surface area contributed by atoms with Gasteiger partial charge in [-0.2, -0.15) is 5.10 Å². The van der Waals surface area contributed by atoms with Crippen LogP contribution in [-0.2, 0) is 0 Å². The van der Waals surface area contributed by atoms with Crippen molar-refractivity contribution in [3.05, 3.63) is 70.7 Å². The number of carbonyl (C=O) groups is 1. The van der Waals surface area contributed by atoms with Gasteiger partial charge in [-0.05, 0) is 35.7 Å². The number of nitrogens with one attached hydrogen (secondary N) is 1. The molecule has 0 bridgehead atoms. The fourth-order valence-corrected chi connectivity index (χ4v) is 2.04. The summed E-state index contributed by atoms with van der Waals surface area (Å²) >= 11 is 5.81. The summed E-state index contributed by atoms with van der Waals surface area (Å²) in [7, 11) is 0. The van der Waals surface area contributed by atoms with Crippen molar-refractivity contribution < 1.29 is 4.79 Å². The van der Waals surface area contributed by atoms with E-state index in [1.54, 1.807) is 24.3 Å². The lowest BCUT2D eigenvalue weighted by Crippen LogP contribution is -2.22. The average molecular weight is 301 g/mol. The lowest BCUT2D eigenvalue weighted by molar-refractivity contribution is 0.0954. The van der Waals surface area contributed by atoms with Crippen LogP contribution in [0.25, 0.3) is 0 Å². The zero-order valence-electron chi connectivity index (χ0n) is 12.0. The van der Waals surface area contributed by atoms with Gasteiger partial charge >= 0.3 is 0 Å². The van der Waals surface area contributed by atoms with Crippen molar-refractivity contribution in [2.75, 3.05) is 0 Å². The van der Waals surface area contributed by atoms with Gasteiger partial charge in [-0.1, -0.05) is 55.8 Å². The zero-order valence-corrected chi connectivity index (χ0v) is 12.8. The first-order valence-corrected chi connectivity index (χ1v) is 7.14. The van der Waals surface area contributed by atoms with E-state index in [9.17, 15) is 4.79 Å². The standard InChI is InChI=1S/C17H17ClN2O/c1-12(2)16(13-6-4-3-5-7-13)19-20-17(21)14-8-10-15(18)11-9-14/h3-12H,1-2H3,(H,20,21)/b19-16+. The zero-order chi connectivity index (χ0) is 15.2. The highest BCUT2D eigenvalue weighted by atomic mass is 35.5. The molecule has 0 saturated carbocycles. The minimum Gasteiger partial charge on any atom is -0.267 e. The van der Waals surface area contributed by atoms with E-state index in [4.69, 9.17) is 11.6 Å². The number of hydrogen-bond acceptors (Lipinski definition) is 2. The highest BCUT2D eigenvalue weighted by Gasteiger charge is 2.10. The number of amides is 1. The topological polar surface area (TPSA) is 41.5 Å². The lowest BCUT2D eigenvalue weighted by Gasteiger charge is -2.10. The van der Waals surface area contributed by atoms with E-state index in [1.807, 2.05) is 44.2 Å². The fourth-order valence-electron chi connectivity index (χ4n) is 1.91. The number of benzene rings is 2. The van der Waals surface area contributed by atoms with Crippen molar-refractivity contribution in [3.63, 3.8) is 0 Å². The summed E-state index contributed by atoms with van der Waals surface area (Å²) < 4.78 is 0. The van der Waals surface area contributed by atoms with E-state index in [-0.39, 0.29) is 11.8 Å². The smallest absolute Gasteiger partial charge is 0.267 e. The van der Waals surface area contributed by atoms with Gasteiger partial charge in [0.05, 0.1) is 5.71 Å². The molecule has 0 aliphatic heterocycles. The molecular formula is C17H17ClN2O. The summed E-state index contributed by atoms with van der Waals surface area (Å²) in [6.45, 7) is 4.08. The average Bonchev–Trinajstić information content (AvgIpc) is 2.48. The van der Waals surface area contributed by atoms with Crippen LogP contribution in [0.2, 0.25) is 5.02 Å². The molecule has 0 unspecified atom stereocenters. The number of rotatable bonds is 4. The Balaban J connectivity index is 2.17. The first-order chi connectivity index (χ1) is 10.1. The molecule has 2 rings (SSSR count). The molecule has 0 saturated heterocycles. The Labute approximate surface area is 129 Å². The Hall–Kier alpha value is -2.13. The summed E-state index contributed by atoms with van der Waals surface area (Å²) in [6.07, 6.45) is 0. The molecule has 4 heteroatoms. The molecular weight excluding hydrogens is 284 g/mol. The largest absolute Gasteiger partial charge is 0.271 e. The molecule has 0 radical (unpaired) electrons. The lowest BCUT2D eigenvalue weighted by atomic mass is 10.0. The predicted octanol–water partition coefficient (Wildman–Crippen LogP) is 4.13. The van der Waals surface area contributed by atoms with Crippen molar-refractivity contribution in [1.29, 1.82) is 0 Å². The minimum absolute atomic E-state index is 0.206. The van der Waals surface area contributed by atoms with Crippen LogP contribution in [0.15, 0.2) is 59.7 Å². The van der Waals surface area contributed by atoms with Crippen LogP contribution < -0.4 is 5.43 Å². The van der Waals surface area contributed by atoms with E-state index in [0.717, 1.165) is 11.3 Å². The Kier molecular flexibility index (Phi) is 5.12. The van der Waals surface area contributed by atoms with E-state index in [2.05, 4.69) is 10.5 Å². The third kappa shape index (κ3) is 4.17. The molecule has 0 atom stereocenters. The number of hydrazone groups is 1. The monoisotopic (exact) mass is 300 g/mol. The Morgan fingerprint density at radius 2 is 1.62 bits per heavy atom. The second kappa shape index (κ2) is 7.04. The normalized spacial score (nSPS) is 11.5. The highest BCUT2D eigenvalue weighted by Crippen LogP contribution is 2.11. The summed E-state index contributed by atoms with van der Waals surface area (Å²) in [5.41, 5.74) is 4.98. The molecule has 0 heterocycles. The van der Waals surface area contributed by atoms with Crippen LogP contribution in [-0.4, -0.2) is 11.6 Å². The molecule has 108 valence electrons. The van der Waals surface area contributed by atoms with Crippen LogP contribution in [0, 0.1) is 5.92 Å². The Morgan fingerprint density at radius 3 is 2.19 bits per heavy atom. The van der Waals surface area contributed by atoms with Gasteiger partial charge in [0.2, 0.25) is 0 Å². The third-order valence-electron chi connectivity index (χ3n) is 3.00. The van der Waals surface area contributed by atoms with Gasteiger partial charge < -0.3 is 0 Å². The molecule has 2 aromatic carbocycles.